The molecule has 2 aromatic rings. The van der Waals surface area contributed by atoms with Crippen molar-refractivity contribution < 1.29 is 9.18 Å². The van der Waals surface area contributed by atoms with Crippen molar-refractivity contribution in [3.05, 3.63) is 41.3 Å². The lowest BCUT2D eigenvalue weighted by molar-refractivity contribution is 0.252. The number of hydrogen-bond acceptors (Lipinski definition) is 5. The highest BCUT2D eigenvalue weighted by atomic mass is 19.1. The van der Waals surface area contributed by atoms with Crippen LogP contribution in [0.1, 0.15) is 18.2 Å². The van der Waals surface area contributed by atoms with Gasteiger partial charge in [-0.05, 0) is 38.5 Å². The monoisotopic (exact) mass is 346 g/mol. The van der Waals surface area contributed by atoms with E-state index in [1.165, 1.54) is 6.07 Å². The highest BCUT2D eigenvalue weighted by Gasteiger charge is 2.05. The minimum Gasteiger partial charge on any atom is -0.370 e. The molecule has 134 valence electrons. The summed E-state index contributed by atoms with van der Waals surface area (Å²) in [5.41, 5.74) is 1.79. The molecule has 2 amide bonds. The van der Waals surface area contributed by atoms with E-state index < -0.39 is 6.03 Å². The summed E-state index contributed by atoms with van der Waals surface area (Å²) in [7, 11) is 0. The van der Waals surface area contributed by atoms with Crippen LogP contribution in [0.4, 0.5) is 26.6 Å². The van der Waals surface area contributed by atoms with Crippen LogP contribution in [0.15, 0.2) is 24.3 Å². The lowest BCUT2D eigenvalue weighted by Crippen LogP contribution is -2.32. The van der Waals surface area contributed by atoms with E-state index in [1.807, 2.05) is 19.9 Å². The Hall–Kier alpha value is -2.90. The van der Waals surface area contributed by atoms with E-state index in [2.05, 4.69) is 31.2 Å². The van der Waals surface area contributed by atoms with Gasteiger partial charge < -0.3 is 21.3 Å². The smallest absolute Gasteiger partial charge is 0.319 e. The van der Waals surface area contributed by atoms with Gasteiger partial charge in [0.1, 0.15) is 11.6 Å². The van der Waals surface area contributed by atoms with Crippen molar-refractivity contribution >= 4 is 23.5 Å². The molecule has 0 fully saturated rings. The van der Waals surface area contributed by atoms with Gasteiger partial charge in [-0.2, -0.15) is 4.98 Å². The number of carbonyl (C=O) groups excluding carboxylic acids is 1. The summed E-state index contributed by atoms with van der Waals surface area (Å²) in [6.45, 7) is 7.16. The van der Waals surface area contributed by atoms with E-state index in [1.54, 1.807) is 19.1 Å². The Morgan fingerprint density at radius 2 is 1.92 bits per heavy atom. The van der Waals surface area contributed by atoms with Crippen LogP contribution in [0.5, 0.6) is 0 Å². The molecule has 25 heavy (non-hydrogen) atoms. The number of urea groups is 1. The number of halogens is 1. The third kappa shape index (κ3) is 5.91. The third-order valence-corrected chi connectivity index (χ3v) is 3.34. The number of rotatable bonds is 7. The van der Waals surface area contributed by atoms with E-state index in [0.717, 1.165) is 18.1 Å². The first-order valence-corrected chi connectivity index (χ1v) is 8.12. The Balaban J connectivity index is 1.77. The number of aryl methyl sites for hydroxylation is 2. The molecule has 0 spiro atoms. The minimum atomic E-state index is -0.399. The molecule has 0 unspecified atom stereocenters. The molecule has 1 aromatic heterocycles. The Bertz CT molecular complexity index is 737. The van der Waals surface area contributed by atoms with Crippen LogP contribution in [-0.4, -0.2) is 35.6 Å². The molecule has 0 aliphatic heterocycles. The van der Waals surface area contributed by atoms with Gasteiger partial charge in [0.2, 0.25) is 5.95 Å². The zero-order chi connectivity index (χ0) is 18.2. The van der Waals surface area contributed by atoms with Crippen LogP contribution in [0.25, 0.3) is 0 Å². The van der Waals surface area contributed by atoms with Gasteiger partial charge in [0.25, 0.3) is 0 Å². The van der Waals surface area contributed by atoms with E-state index in [9.17, 15) is 9.18 Å². The first-order valence-electron chi connectivity index (χ1n) is 8.12. The second-order valence-electron chi connectivity index (χ2n) is 5.52. The van der Waals surface area contributed by atoms with Crippen LogP contribution in [-0.2, 0) is 0 Å². The molecule has 2 rings (SSSR count). The number of anilines is 3. The highest BCUT2D eigenvalue weighted by Crippen LogP contribution is 2.13. The molecule has 7 nitrogen and oxygen atoms in total. The number of aromatic nitrogens is 2. The molecule has 1 aromatic carbocycles. The summed E-state index contributed by atoms with van der Waals surface area (Å²) < 4.78 is 13.4. The van der Waals surface area contributed by atoms with Crippen LogP contribution in [0.3, 0.4) is 0 Å². The number of carbonyl (C=O) groups is 1. The van der Waals surface area contributed by atoms with Gasteiger partial charge in [-0.3, -0.25) is 0 Å². The number of hydrogen-bond donors (Lipinski definition) is 4. The maximum atomic E-state index is 13.4. The molecule has 0 saturated heterocycles. The van der Waals surface area contributed by atoms with Gasteiger partial charge in [-0.25, -0.2) is 14.2 Å². The molecule has 0 bridgehead atoms. The third-order valence-electron chi connectivity index (χ3n) is 3.34. The van der Waals surface area contributed by atoms with Crippen molar-refractivity contribution in [1.82, 2.24) is 15.3 Å². The standard InChI is InChI=1S/C17H23FN6O/c1-4-19-15-9-12(3)22-16(24-15)20-7-8-21-17(25)23-13-6-5-11(2)14(18)10-13/h5-6,9-10H,4,7-8H2,1-3H3,(H2,21,23,25)(H2,19,20,22,24). The van der Waals surface area contributed by atoms with Gasteiger partial charge in [-0.1, -0.05) is 6.07 Å². The first kappa shape index (κ1) is 18.4. The molecular weight excluding hydrogens is 323 g/mol. The quantitative estimate of drug-likeness (QED) is 0.579. The largest absolute Gasteiger partial charge is 0.370 e. The zero-order valence-electron chi connectivity index (χ0n) is 14.6. The predicted octanol–water partition coefficient (Wildman–Crippen LogP) is 2.90. The SMILES string of the molecule is CCNc1cc(C)nc(NCCNC(=O)Nc2ccc(C)c(F)c2)n1. The number of nitrogens with one attached hydrogen (secondary N) is 4. The molecule has 4 N–H and O–H groups in total. The van der Waals surface area contributed by atoms with Crippen molar-refractivity contribution in [1.29, 1.82) is 0 Å². The Morgan fingerprint density at radius 1 is 1.12 bits per heavy atom. The number of benzene rings is 1. The fourth-order valence-corrected chi connectivity index (χ4v) is 2.12. The molecule has 0 aliphatic rings. The molecule has 1 heterocycles. The average molecular weight is 346 g/mol. The molecule has 0 aliphatic carbocycles. The molecule has 0 radical (unpaired) electrons. The van der Waals surface area contributed by atoms with E-state index in [0.29, 0.717) is 30.3 Å². The van der Waals surface area contributed by atoms with Crippen LogP contribution in [0.2, 0.25) is 0 Å². The van der Waals surface area contributed by atoms with Crippen molar-refractivity contribution in [3.63, 3.8) is 0 Å². The lowest BCUT2D eigenvalue weighted by Gasteiger charge is -2.10. The highest BCUT2D eigenvalue weighted by molar-refractivity contribution is 5.89. The maximum absolute atomic E-state index is 13.4. The fraction of sp³-hybridized carbons (Fsp3) is 0.353. The summed E-state index contributed by atoms with van der Waals surface area (Å²) in [6, 6.07) is 6.02. The Labute approximate surface area is 146 Å². The lowest BCUT2D eigenvalue weighted by atomic mass is 10.2. The summed E-state index contributed by atoms with van der Waals surface area (Å²) in [5, 5.41) is 11.5. The molecule has 0 atom stereocenters. The second kappa shape index (κ2) is 8.81. The van der Waals surface area contributed by atoms with Gasteiger partial charge >= 0.3 is 6.03 Å². The second-order valence-corrected chi connectivity index (χ2v) is 5.52. The zero-order valence-corrected chi connectivity index (χ0v) is 14.6. The average Bonchev–Trinajstić information content (AvgIpc) is 2.55. The van der Waals surface area contributed by atoms with Crippen molar-refractivity contribution in [2.24, 2.45) is 0 Å². The van der Waals surface area contributed by atoms with Crippen molar-refractivity contribution in [2.45, 2.75) is 20.8 Å². The summed E-state index contributed by atoms with van der Waals surface area (Å²) in [4.78, 5) is 20.4. The first-order chi connectivity index (χ1) is 12.0. The van der Waals surface area contributed by atoms with Gasteiger partial charge in [0, 0.05) is 37.1 Å². The fourth-order valence-electron chi connectivity index (χ4n) is 2.12. The van der Waals surface area contributed by atoms with E-state index in [4.69, 9.17) is 0 Å². The maximum Gasteiger partial charge on any atom is 0.319 e. The van der Waals surface area contributed by atoms with Crippen molar-refractivity contribution in [2.75, 3.05) is 35.6 Å². The van der Waals surface area contributed by atoms with E-state index in [-0.39, 0.29) is 5.82 Å². The molecule has 8 heteroatoms. The Kier molecular flexibility index (Phi) is 6.50. The molecular formula is C17H23FN6O. The summed E-state index contributed by atoms with van der Waals surface area (Å²) in [6.07, 6.45) is 0. The van der Waals surface area contributed by atoms with Gasteiger partial charge in [-0.15, -0.1) is 0 Å². The number of nitrogens with zero attached hydrogens (tertiary/aromatic N) is 2. The van der Waals surface area contributed by atoms with Crippen LogP contribution in [0, 0.1) is 19.7 Å². The predicted molar refractivity (Wildman–Crippen MR) is 97.6 cm³/mol. The molecule has 0 saturated carbocycles. The van der Waals surface area contributed by atoms with Gasteiger partial charge in [0.05, 0.1) is 0 Å². The normalized spacial score (nSPS) is 10.2. The van der Waals surface area contributed by atoms with Crippen LogP contribution < -0.4 is 21.3 Å². The number of amides is 2. The van der Waals surface area contributed by atoms with Gasteiger partial charge in [0.15, 0.2) is 0 Å². The van der Waals surface area contributed by atoms with Crippen LogP contribution >= 0.6 is 0 Å². The van der Waals surface area contributed by atoms with Crippen molar-refractivity contribution in [3.8, 4) is 0 Å². The summed E-state index contributed by atoms with van der Waals surface area (Å²) in [5.74, 6) is 0.899. The summed E-state index contributed by atoms with van der Waals surface area (Å²) >= 11 is 0. The van der Waals surface area contributed by atoms with E-state index >= 15 is 0 Å². The Morgan fingerprint density at radius 3 is 2.64 bits per heavy atom. The minimum absolute atomic E-state index is 0.354. The topological polar surface area (TPSA) is 91.0 Å².